The summed E-state index contributed by atoms with van der Waals surface area (Å²) in [5, 5.41) is 0. The lowest BCUT2D eigenvalue weighted by atomic mass is 9.89. The zero-order chi connectivity index (χ0) is 28.3. The fourth-order valence-electron chi connectivity index (χ4n) is 4.55. The maximum atomic E-state index is 12.4. The van der Waals surface area contributed by atoms with E-state index in [0.29, 0.717) is 35.2 Å². The van der Waals surface area contributed by atoms with Crippen LogP contribution in [0.25, 0.3) is 0 Å². The summed E-state index contributed by atoms with van der Waals surface area (Å²) in [5.74, 6) is -0.742. The zero-order valence-electron chi connectivity index (χ0n) is 25.7. The highest BCUT2D eigenvalue weighted by Gasteiger charge is 2.13. The third-order valence-electron chi connectivity index (χ3n) is 6.94. The van der Waals surface area contributed by atoms with E-state index < -0.39 is 0 Å². The highest BCUT2D eigenvalue weighted by atomic mass is 16.5. The molecule has 4 nitrogen and oxygen atoms in total. The van der Waals surface area contributed by atoms with E-state index in [0.717, 1.165) is 25.7 Å². The molecule has 0 bridgehead atoms. The van der Waals surface area contributed by atoms with Crippen LogP contribution in [0, 0.1) is 10.8 Å². The number of hydrogen-bond acceptors (Lipinski definition) is 4. The molecule has 218 valence electrons. The molecule has 0 fully saturated rings. The molecule has 1 aromatic carbocycles. The molecule has 1 rings (SSSR count). The largest absolute Gasteiger partial charge is 0.462 e. The number of unbranched alkanes of at least 4 members (excludes halogenated alkanes) is 12. The summed E-state index contributed by atoms with van der Waals surface area (Å²) < 4.78 is 10.9. The second-order valence-corrected chi connectivity index (χ2v) is 13.4. The SMILES string of the molecule is CC(C)(C)CCCCCCCCCOC(=O)c1cccc(C(=O)OCCCCCCCCCC(C)(C)C)c1. The normalized spacial score (nSPS) is 11.9. The first-order valence-corrected chi connectivity index (χ1v) is 15.4. The van der Waals surface area contributed by atoms with Gasteiger partial charge in [-0.05, 0) is 54.7 Å². The Morgan fingerprint density at radius 2 is 0.842 bits per heavy atom. The van der Waals surface area contributed by atoms with Gasteiger partial charge in [0, 0.05) is 0 Å². The molecule has 0 amide bonds. The number of rotatable bonds is 20. The number of esters is 2. The first kappa shape index (κ1) is 34.2. The van der Waals surface area contributed by atoms with Crippen LogP contribution in [0.4, 0.5) is 0 Å². The third kappa shape index (κ3) is 19.3. The summed E-state index contributed by atoms with van der Waals surface area (Å²) >= 11 is 0. The van der Waals surface area contributed by atoms with E-state index >= 15 is 0 Å². The van der Waals surface area contributed by atoms with E-state index in [-0.39, 0.29) is 11.9 Å². The molecule has 0 spiro atoms. The molecular weight excluding hydrogens is 472 g/mol. The maximum absolute atomic E-state index is 12.4. The molecule has 0 heterocycles. The molecule has 0 saturated carbocycles. The lowest BCUT2D eigenvalue weighted by Crippen LogP contribution is -2.10. The van der Waals surface area contributed by atoms with E-state index in [4.69, 9.17) is 9.47 Å². The Labute approximate surface area is 234 Å². The van der Waals surface area contributed by atoms with E-state index in [1.807, 2.05) is 0 Å². The maximum Gasteiger partial charge on any atom is 0.338 e. The van der Waals surface area contributed by atoms with Gasteiger partial charge < -0.3 is 9.47 Å². The molecule has 4 heteroatoms. The molecule has 1 aromatic rings. The Hall–Kier alpha value is -1.84. The Bertz CT molecular complexity index is 708. The van der Waals surface area contributed by atoms with Gasteiger partial charge >= 0.3 is 11.9 Å². The molecule has 0 aliphatic rings. The van der Waals surface area contributed by atoms with Gasteiger partial charge in [0.15, 0.2) is 0 Å². The Balaban J connectivity index is 2.11. The van der Waals surface area contributed by atoms with Crippen molar-refractivity contribution in [3.05, 3.63) is 35.4 Å². The first-order chi connectivity index (χ1) is 18.0. The monoisotopic (exact) mass is 530 g/mol. The number of hydrogen-bond donors (Lipinski definition) is 0. The summed E-state index contributed by atoms with van der Waals surface area (Å²) in [4.78, 5) is 24.8. The van der Waals surface area contributed by atoms with Crippen molar-refractivity contribution in [3.63, 3.8) is 0 Å². The minimum Gasteiger partial charge on any atom is -0.462 e. The van der Waals surface area contributed by atoms with Crippen molar-refractivity contribution in [2.75, 3.05) is 13.2 Å². The van der Waals surface area contributed by atoms with Crippen molar-refractivity contribution < 1.29 is 19.1 Å². The lowest BCUT2D eigenvalue weighted by molar-refractivity contribution is 0.0496. The summed E-state index contributed by atoms with van der Waals surface area (Å²) in [7, 11) is 0. The second kappa shape index (κ2) is 19.3. The van der Waals surface area contributed by atoms with Crippen molar-refractivity contribution in [1.82, 2.24) is 0 Å². The minimum absolute atomic E-state index is 0.371. The topological polar surface area (TPSA) is 52.6 Å². The van der Waals surface area contributed by atoms with Crippen LogP contribution in [-0.2, 0) is 9.47 Å². The van der Waals surface area contributed by atoms with Crippen LogP contribution in [-0.4, -0.2) is 25.2 Å². The Morgan fingerprint density at radius 1 is 0.526 bits per heavy atom. The van der Waals surface area contributed by atoms with Crippen LogP contribution < -0.4 is 0 Å². The van der Waals surface area contributed by atoms with Crippen molar-refractivity contribution in [1.29, 1.82) is 0 Å². The average molecular weight is 531 g/mol. The molecule has 0 aromatic heterocycles. The summed E-state index contributed by atoms with van der Waals surface area (Å²) in [6.45, 7) is 14.7. The van der Waals surface area contributed by atoms with Gasteiger partial charge in [0.2, 0.25) is 0 Å². The van der Waals surface area contributed by atoms with E-state index in [9.17, 15) is 9.59 Å². The fraction of sp³-hybridized carbons (Fsp3) is 0.765. The number of ether oxygens (including phenoxy) is 2. The predicted molar refractivity (Wildman–Crippen MR) is 160 cm³/mol. The third-order valence-corrected chi connectivity index (χ3v) is 6.94. The summed E-state index contributed by atoms with van der Waals surface area (Å²) in [6, 6.07) is 6.68. The summed E-state index contributed by atoms with van der Waals surface area (Å²) in [6.07, 6.45) is 19.2. The van der Waals surface area contributed by atoms with Crippen LogP contribution in [0.2, 0.25) is 0 Å². The minimum atomic E-state index is -0.371. The molecule has 0 N–H and O–H groups in total. The van der Waals surface area contributed by atoms with Gasteiger partial charge in [-0.2, -0.15) is 0 Å². The van der Waals surface area contributed by atoms with Crippen molar-refractivity contribution in [3.8, 4) is 0 Å². The van der Waals surface area contributed by atoms with E-state index in [2.05, 4.69) is 41.5 Å². The van der Waals surface area contributed by atoms with Gasteiger partial charge in [-0.3, -0.25) is 0 Å². The quantitative estimate of drug-likeness (QED) is 0.124. The molecule has 0 saturated heterocycles. The van der Waals surface area contributed by atoms with Gasteiger partial charge in [0.05, 0.1) is 24.3 Å². The van der Waals surface area contributed by atoms with Crippen molar-refractivity contribution in [2.24, 2.45) is 10.8 Å². The first-order valence-electron chi connectivity index (χ1n) is 15.4. The number of carbonyl (C=O) groups is 2. The summed E-state index contributed by atoms with van der Waals surface area (Å²) in [5.41, 5.74) is 1.69. The van der Waals surface area contributed by atoms with Crippen LogP contribution in [0.15, 0.2) is 24.3 Å². The zero-order valence-corrected chi connectivity index (χ0v) is 25.7. The average Bonchev–Trinajstić information content (AvgIpc) is 2.84. The Kier molecular flexibility index (Phi) is 17.3. The molecule has 0 aliphatic carbocycles. The number of carbonyl (C=O) groups excluding carboxylic acids is 2. The van der Waals surface area contributed by atoms with E-state index in [1.54, 1.807) is 24.3 Å². The van der Waals surface area contributed by atoms with Crippen LogP contribution >= 0.6 is 0 Å². The fourth-order valence-corrected chi connectivity index (χ4v) is 4.55. The smallest absolute Gasteiger partial charge is 0.338 e. The van der Waals surface area contributed by atoms with Gasteiger partial charge in [-0.25, -0.2) is 9.59 Å². The van der Waals surface area contributed by atoms with Crippen molar-refractivity contribution >= 4 is 11.9 Å². The van der Waals surface area contributed by atoms with Crippen molar-refractivity contribution in [2.45, 2.75) is 144 Å². The molecule has 0 aliphatic heterocycles. The highest BCUT2D eigenvalue weighted by Crippen LogP contribution is 2.23. The lowest BCUT2D eigenvalue weighted by Gasteiger charge is -2.17. The molecule has 0 radical (unpaired) electrons. The highest BCUT2D eigenvalue weighted by molar-refractivity contribution is 5.95. The van der Waals surface area contributed by atoms with Gasteiger partial charge in [-0.1, -0.05) is 125 Å². The van der Waals surface area contributed by atoms with Gasteiger partial charge in [-0.15, -0.1) is 0 Å². The predicted octanol–water partition coefficient (Wildman–Crippen LogP) is 10.3. The Morgan fingerprint density at radius 3 is 1.18 bits per heavy atom. The molecule has 0 unspecified atom stereocenters. The van der Waals surface area contributed by atoms with Gasteiger partial charge in [0.1, 0.15) is 0 Å². The van der Waals surface area contributed by atoms with Crippen LogP contribution in [0.3, 0.4) is 0 Å². The number of benzene rings is 1. The van der Waals surface area contributed by atoms with Crippen LogP contribution in [0.1, 0.15) is 165 Å². The second-order valence-electron chi connectivity index (χ2n) is 13.4. The van der Waals surface area contributed by atoms with Gasteiger partial charge in [0.25, 0.3) is 0 Å². The molecule has 38 heavy (non-hydrogen) atoms. The standard InChI is InChI=1S/C34H58O4/c1-33(2,3)24-17-13-9-7-11-15-19-26-37-31(35)29-22-21-23-30(28-29)32(36)38-27-20-16-12-8-10-14-18-25-34(4,5)6/h21-23,28H,7-20,24-27H2,1-6H3. The van der Waals surface area contributed by atoms with E-state index in [1.165, 1.54) is 77.0 Å². The molecule has 0 atom stereocenters. The van der Waals surface area contributed by atoms with Crippen LogP contribution in [0.5, 0.6) is 0 Å². The molecular formula is C34H58O4.